The molecule has 0 aromatic heterocycles. The number of amides is 2. The SMILES string of the molecule is O=C1NNC=C2c3c(cc(NC(=O)[C@@H]4CCCCN4)cc31)NC2c1ccccc1. The van der Waals surface area contributed by atoms with Crippen LogP contribution >= 0.6 is 0 Å². The van der Waals surface area contributed by atoms with E-state index in [0.717, 1.165) is 48.2 Å². The maximum atomic E-state index is 12.7. The highest BCUT2D eigenvalue weighted by Gasteiger charge is 2.34. The van der Waals surface area contributed by atoms with Crippen LogP contribution in [0.15, 0.2) is 48.7 Å². The third-order valence-electron chi connectivity index (χ3n) is 5.72. The third kappa shape index (κ3) is 3.23. The number of anilines is 2. The largest absolute Gasteiger partial charge is 0.373 e. The highest BCUT2D eigenvalue weighted by Crippen LogP contribution is 2.46. The first kappa shape index (κ1) is 17.8. The Labute approximate surface area is 168 Å². The highest BCUT2D eigenvalue weighted by atomic mass is 16.2. The van der Waals surface area contributed by atoms with Crippen molar-refractivity contribution >= 4 is 28.8 Å². The molecule has 3 heterocycles. The number of benzene rings is 2. The molecule has 148 valence electrons. The maximum Gasteiger partial charge on any atom is 0.270 e. The molecule has 7 heteroatoms. The summed E-state index contributed by atoms with van der Waals surface area (Å²) in [5.74, 6) is -0.285. The molecule has 0 aliphatic carbocycles. The predicted octanol–water partition coefficient (Wildman–Crippen LogP) is 2.52. The summed E-state index contributed by atoms with van der Waals surface area (Å²) in [6.07, 6.45) is 4.80. The predicted molar refractivity (Wildman–Crippen MR) is 112 cm³/mol. The fourth-order valence-electron chi connectivity index (χ4n) is 4.31. The molecule has 3 aliphatic heterocycles. The number of carbonyl (C=O) groups excluding carboxylic acids is 2. The standard InChI is InChI=1S/C22H23N5O2/c28-21-15-10-14(25-22(29)17-8-4-5-9-23-17)11-18-19(15)16(12-24-27-21)20(26-18)13-6-2-1-3-7-13/h1-3,6-7,10-12,17,20,23-24,26H,4-5,8-9H2,(H,25,29)(H,27,28)/t17-,20?/m0/s1. The average molecular weight is 389 g/mol. The van der Waals surface area contributed by atoms with Gasteiger partial charge in [-0.15, -0.1) is 0 Å². The van der Waals surface area contributed by atoms with Crippen LogP contribution < -0.4 is 26.8 Å². The zero-order chi connectivity index (χ0) is 19.8. The lowest BCUT2D eigenvalue weighted by Crippen LogP contribution is -2.43. The summed E-state index contributed by atoms with van der Waals surface area (Å²) in [5.41, 5.74) is 10.5. The number of nitrogens with one attached hydrogen (secondary N) is 5. The van der Waals surface area contributed by atoms with Gasteiger partial charge in [-0.1, -0.05) is 36.8 Å². The van der Waals surface area contributed by atoms with E-state index >= 15 is 0 Å². The number of hydrogen-bond acceptors (Lipinski definition) is 5. The number of rotatable bonds is 3. The van der Waals surface area contributed by atoms with E-state index in [2.05, 4.69) is 38.9 Å². The van der Waals surface area contributed by atoms with E-state index in [4.69, 9.17) is 0 Å². The van der Waals surface area contributed by atoms with Crippen LogP contribution in [-0.4, -0.2) is 24.4 Å². The molecule has 29 heavy (non-hydrogen) atoms. The smallest absolute Gasteiger partial charge is 0.270 e. The Hall–Kier alpha value is -3.32. The molecular weight excluding hydrogens is 366 g/mol. The summed E-state index contributed by atoms with van der Waals surface area (Å²) in [4.78, 5) is 25.3. The van der Waals surface area contributed by atoms with Crippen molar-refractivity contribution in [1.82, 2.24) is 16.2 Å². The van der Waals surface area contributed by atoms with Gasteiger partial charge in [0.25, 0.3) is 5.91 Å². The summed E-state index contributed by atoms with van der Waals surface area (Å²) in [7, 11) is 0. The van der Waals surface area contributed by atoms with Crippen molar-refractivity contribution in [3.8, 4) is 0 Å². The van der Waals surface area contributed by atoms with Crippen molar-refractivity contribution in [2.45, 2.75) is 31.3 Å². The topological polar surface area (TPSA) is 94.3 Å². The quantitative estimate of drug-likeness (QED) is 0.556. The number of hydrogen-bond donors (Lipinski definition) is 5. The Morgan fingerprint density at radius 1 is 1.10 bits per heavy atom. The average Bonchev–Trinajstić information content (AvgIpc) is 3.03. The lowest BCUT2D eigenvalue weighted by Gasteiger charge is -2.22. The molecule has 0 saturated carbocycles. The van der Waals surface area contributed by atoms with Gasteiger partial charge in [-0.3, -0.25) is 15.0 Å². The molecule has 7 nitrogen and oxygen atoms in total. The van der Waals surface area contributed by atoms with Gasteiger partial charge in [0, 0.05) is 28.7 Å². The van der Waals surface area contributed by atoms with Crippen LogP contribution in [0.25, 0.3) is 5.57 Å². The van der Waals surface area contributed by atoms with E-state index in [1.165, 1.54) is 0 Å². The molecule has 0 bridgehead atoms. The van der Waals surface area contributed by atoms with Crippen molar-refractivity contribution in [3.63, 3.8) is 0 Å². The molecule has 1 unspecified atom stereocenters. The summed E-state index contributed by atoms with van der Waals surface area (Å²) >= 11 is 0. The van der Waals surface area contributed by atoms with Crippen LogP contribution in [0.1, 0.15) is 46.8 Å². The lowest BCUT2D eigenvalue weighted by atomic mass is 9.94. The fraction of sp³-hybridized carbons (Fsp3) is 0.273. The Morgan fingerprint density at radius 2 is 1.97 bits per heavy atom. The molecule has 2 amide bonds. The van der Waals surface area contributed by atoms with Crippen molar-refractivity contribution < 1.29 is 9.59 Å². The van der Waals surface area contributed by atoms with E-state index in [1.807, 2.05) is 30.5 Å². The van der Waals surface area contributed by atoms with Gasteiger partial charge in [0.15, 0.2) is 0 Å². The van der Waals surface area contributed by atoms with Crippen LogP contribution in [0.4, 0.5) is 11.4 Å². The Balaban J connectivity index is 1.50. The molecule has 0 spiro atoms. The normalized spacial score (nSPS) is 22.3. The van der Waals surface area contributed by atoms with Crippen molar-refractivity contribution in [1.29, 1.82) is 0 Å². The molecular formula is C22H23N5O2. The molecule has 1 saturated heterocycles. The van der Waals surface area contributed by atoms with Crippen LogP contribution in [0.2, 0.25) is 0 Å². The Morgan fingerprint density at radius 3 is 2.76 bits per heavy atom. The lowest BCUT2D eigenvalue weighted by molar-refractivity contribution is -0.118. The minimum atomic E-state index is -0.227. The van der Waals surface area contributed by atoms with Crippen molar-refractivity contribution in [2.24, 2.45) is 0 Å². The second-order valence-electron chi connectivity index (χ2n) is 7.62. The van der Waals surface area contributed by atoms with Crippen LogP contribution in [0.3, 0.4) is 0 Å². The maximum absolute atomic E-state index is 12.7. The highest BCUT2D eigenvalue weighted by molar-refractivity contribution is 6.07. The van der Waals surface area contributed by atoms with Gasteiger partial charge in [0.2, 0.25) is 5.91 Å². The van der Waals surface area contributed by atoms with E-state index < -0.39 is 0 Å². The Bertz CT molecular complexity index is 996. The van der Waals surface area contributed by atoms with Gasteiger partial charge in [-0.2, -0.15) is 0 Å². The first-order chi connectivity index (χ1) is 14.2. The van der Waals surface area contributed by atoms with Crippen LogP contribution in [-0.2, 0) is 4.79 Å². The van der Waals surface area contributed by atoms with Gasteiger partial charge in [0.1, 0.15) is 0 Å². The van der Waals surface area contributed by atoms with E-state index in [-0.39, 0.29) is 23.9 Å². The first-order valence-electron chi connectivity index (χ1n) is 10.0. The second kappa shape index (κ2) is 7.25. The Kier molecular flexibility index (Phi) is 4.44. The number of hydrazine groups is 1. The summed E-state index contributed by atoms with van der Waals surface area (Å²) in [5, 5.41) is 9.77. The van der Waals surface area contributed by atoms with Crippen molar-refractivity contribution in [3.05, 3.63) is 65.4 Å². The van der Waals surface area contributed by atoms with Gasteiger partial charge in [-0.25, -0.2) is 0 Å². The summed E-state index contributed by atoms with van der Waals surface area (Å²) in [6.45, 7) is 0.857. The monoisotopic (exact) mass is 389 g/mol. The van der Waals surface area contributed by atoms with Crippen molar-refractivity contribution in [2.75, 3.05) is 17.2 Å². The third-order valence-corrected chi connectivity index (χ3v) is 5.72. The first-order valence-corrected chi connectivity index (χ1v) is 10.0. The number of piperidine rings is 1. The van der Waals surface area contributed by atoms with Gasteiger partial charge < -0.3 is 21.4 Å². The van der Waals surface area contributed by atoms with Gasteiger partial charge >= 0.3 is 0 Å². The summed E-state index contributed by atoms with van der Waals surface area (Å²) in [6, 6.07) is 13.5. The molecule has 5 N–H and O–H groups in total. The molecule has 2 aromatic rings. The molecule has 3 aliphatic rings. The van der Waals surface area contributed by atoms with E-state index in [1.54, 1.807) is 6.07 Å². The molecule has 2 aromatic carbocycles. The molecule has 5 rings (SSSR count). The second-order valence-corrected chi connectivity index (χ2v) is 7.62. The minimum Gasteiger partial charge on any atom is -0.373 e. The van der Waals surface area contributed by atoms with Crippen LogP contribution in [0.5, 0.6) is 0 Å². The van der Waals surface area contributed by atoms with Crippen LogP contribution in [0, 0.1) is 0 Å². The molecule has 0 radical (unpaired) electrons. The van der Waals surface area contributed by atoms with Gasteiger partial charge in [-0.05, 0) is 37.1 Å². The zero-order valence-electron chi connectivity index (χ0n) is 15.9. The minimum absolute atomic E-state index is 0.0580. The summed E-state index contributed by atoms with van der Waals surface area (Å²) < 4.78 is 0. The zero-order valence-corrected chi connectivity index (χ0v) is 15.9. The van der Waals surface area contributed by atoms with E-state index in [9.17, 15) is 9.59 Å². The fourth-order valence-corrected chi connectivity index (χ4v) is 4.31. The van der Waals surface area contributed by atoms with E-state index in [0.29, 0.717) is 11.3 Å². The molecule has 1 fully saturated rings. The molecule has 2 atom stereocenters. The number of carbonyl (C=O) groups is 2. The van der Waals surface area contributed by atoms with Gasteiger partial charge in [0.05, 0.1) is 17.6 Å².